The lowest BCUT2D eigenvalue weighted by Crippen LogP contribution is -2.42. The van der Waals surface area contributed by atoms with Crippen LogP contribution in [0.15, 0.2) is 48.0 Å². The number of ketones is 3. The van der Waals surface area contributed by atoms with Crippen LogP contribution in [0.5, 0.6) is 0 Å². The first kappa shape index (κ1) is 39.8. The highest BCUT2D eigenvalue weighted by Crippen LogP contribution is 2.55. The Labute approximate surface area is 259 Å². The number of carbonyl (C=O) groups excluding carboxylic acids is 3. The van der Waals surface area contributed by atoms with E-state index < -0.39 is 0 Å². The van der Waals surface area contributed by atoms with Crippen molar-refractivity contribution in [1.82, 2.24) is 0 Å². The maximum Gasteiger partial charge on any atom is 0.198 e. The fourth-order valence-corrected chi connectivity index (χ4v) is 6.42. The molecule has 2 rings (SSSR count). The van der Waals surface area contributed by atoms with Crippen LogP contribution in [0.1, 0.15) is 153 Å². The molecule has 3 unspecified atom stereocenters. The normalized spacial score (nSPS) is 25.9. The van der Waals surface area contributed by atoms with Gasteiger partial charge in [0.2, 0.25) is 0 Å². The Kier molecular flexibility index (Phi) is 20.3. The van der Waals surface area contributed by atoms with Crippen LogP contribution < -0.4 is 0 Å². The molecule has 0 aromatic carbocycles. The number of Topliss-reactive ketones (excluding diaryl/α,β-unsaturated/α-hetero) is 2. The number of unbranched alkanes of at least 4 members (excludes halogenated alkanes) is 1. The average Bonchev–Trinajstić information content (AvgIpc) is 3.16. The summed E-state index contributed by atoms with van der Waals surface area (Å²) in [7, 11) is 0. The van der Waals surface area contributed by atoms with E-state index in [1.54, 1.807) is 12.3 Å². The van der Waals surface area contributed by atoms with Gasteiger partial charge in [0.1, 0.15) is 0 Å². The van der Waals surface area contributed by atoms with E-state index in [2.05, 4.69) is 53.7 Å². The van der Waals surface area contributed by atoms with Gasteiger partial charge in [-0.05, 0) is 87.3 Å². The first-order valence-electron chi connectivity index (χ1n) is 17.0. The van der Waals surface area contributed by atoms with Gasteiger partial charge in [0.25, 0.3) is 0 Å². The minimum absolute atomic E-state index is 0.0827. The molecule has 0 saturated carbocycles. The predicted octanol–water partition coefficient (Wildman–Crippen LogP) is 11.1. The van der Waals surface area contributed by atoms with E-state index in [0.29, 0.717) is 31.1 Å². The number of ether oxygens (including phenoxy) is 1. The fraction of sp³-hybridized carbons (Fsp3) is 0.711. The largest absolute Gasteiger partial charge is 0.470 e. The molecule has 4 nitrogen and oxygen atoms in total. The summed E-state index contributed by atoms with van der Waals surface area (Å²) in [5.41, 5.74) is 1.21. The molecule has 0 fully saturated rings. The van der Waals surface area contributed by atoms with Crippen LogP contribution in [0.2, 0.25) is 0 Å². The van der Waals surface area contributed by atoms with Gasteiger partial charge in [0.15, 0.2) is 17.3 Å². The van der Waals surface area contributed by atoms with E-state index in [1.165, 1.54) is 5.57 Å². The van der Waals surface area contributed by atoms with E-state index in [-0.39, 0.29) is 28.2 Å². The minimum atomic E-state index is -0.201. The average molecular weight is 585 g/mol. The maximum atomic E-state index is 12.7. The molecular weight excluding hydrogens is 520 g/mol. The molecule has 0 heterocycles. The molecule has 4 atom stereocenters. The molecule has 4 heteroatoms. The van der Waals surface area contributed by atoms with Gasteiger partial charge in [0, 0.05) is 31.1 Å². The Hall–Kier alpha value is -2.23. The van der Waals surface area contributed by atoms with Gasteiger partial charge in [-0.25, -0.2) is 0 Å². The molecule has 2 aliphatic rings. The van der Waals surface area contributed by atoms with Crippen LogP contribution in [0.4, 0.5) is 0 Å². The number of hydrogen-bond acceptors (Lipinski definition) is 4. The Morgan fingerprint density at radius 2 is 1.74 bits per heavy atom. The second kappa shape index (κ2) is 21.5. The van der Waals surface area contributed by atoms with Crippen molar-refractivity contribution in [2.75, 3.05) is 0 Å². The summed E-state index contributed by atoms with van der Waals surface area (Å²) in [6.07, 6.45) is 23.3. The summed E-state index contributed by atoms with van der Waals surface area (Å²) in [6.45, 7) is 21.1. The number of carbonyl (C=O) groups is 3. The van der Waals surface area contributed by atoms with Gasteiger partial charge in [-0.1, -0.05) is 92.9 Å². The fourth-order valence-electron chi connectivity index (χ4n) is 6.42. The van der Waals surface area contributed by atoms with Crippen LogP contribution >= 0.6 is 0 Å². The van der Waals surface area contributed by atoms with Crippen molar-refractivity contribution in [2.24, 2.45) is 22.7 Å². The zero-order chi connectivity index (χ0) is 32.2. The van der Waals surface area contributed by atoms with Crippen molar-refractivity contribution in [3.05, 3.63) is 48.0 Å². The summed E-state index contributed by atoms with van der Waals surface area (Å²) < 4.78 is 5.26. The predicted molar refractivity (Wildman–Crippen MR) is 179 cm³/mol. The van der Waals surface area contributed by atoms with Crippen LogP contribution in [0.25, 0.3) is 0 Å². The summed E-state index contributed by atoms with van der Waals surface area (Å²) in [6, 6.07) is 0. The third kappa shape index (κ3) is 12.6. The lowest BCUT2D eigenvalue weighted by Gasteiger charge is -2.49. The van der Waals surface area contributed by atoms with Gasteiger partial charge < -0.3 is 4.74 Å². The molecule has 240 valence electrons. The summed E-state index contributed by atoms with van der Waals surface area (Å²) in [4.78, 5) is 37.0. The molecule has 0 bridgehead atoms. The quantitative estimate of drug-likeness (QED) is 0.116. The molecule has 0 amide bonds. The van der Waals surface area contributed by atoms with Crippen molar-refractivity contribution >= 4 is 17.3 Å². The molecule has 0 aromatic heterocycles. The Morgan fingerprint density at radius 3 is 2.29 bits per heavy atom. The topological polar surface area (TPSA) is 60.4 Å². The van der Waals surface area contributed by atoms with E-state index >= 15 is 0 Å². The highest BCUT2D eigenvalue weighted by molar-refractivity contribution is 6.37. The highest BCUT2D eigenvalue weighted by atomic mass is 16.5. The molecule has 0 aliphatic heterocycles. The maximum absolute atomic E-state index is 12.7. The monoisotopic (exact) mass is 584 g/mol. The van der Waals surface area contributed by atoms with Crippen molar-refractivity contribution in [2.45, 2.75) is 153 Å². The zero-order valence-electron chi connectivity index (χ0n) is 28.9. The van der Waals surface area contributed by atoms with Crippen molar-refractivity contribution in [1.29, 1.82) is 0 Å². The van der Waals surface area contributed by atoms with Crippen molar-refractivity contribution in [3.8, 4) is 0 Å². The van der Waals surface area contributed by atoms with Crippen LogP contribution in [-0.4, -0.2) is 17.3 Å². The third-order valence-corrected chi connectivity index (χ3v) is 8.87. The smallest absolute Gasteiger partial charge is 0.198 e. The van der Waals surface area contributed by atoms with E-state index in [4.69, 9.17) is 4.74 Å². The third-order valence-electron chi connectivity index (χ3n) is 8.87. The molecule has 0 radical (unpaired) electrons. The summed E-state index contributed by atoms with van der Waals surface area (Å²) in [5, 5.41) is 0. The molecule has 42 heavy (non-hydrogen) atoms. The summed E-state index contributed by atoms with van der Waals surface area (Å²) in [5.74, 6) is 1.67. The van der Waals surface area contributed by atoms with Crippen molar-refractivity contribution in [3.63, 3.8) is 0 Å². The SMILES string of the molecule is C/C=C(/CC)O/C=C\CC.CC.CCCCC1C(CC)C([C@]2(C)C=CC(=O)CCC2)=CCC1(C)CC(=O)C(=O)CCC. The second-order valence-electron chi connectivity index (χ2n) is 12.1. The van der Waals surface area contributed by atoms with Gasteiger partial charge in [0.05, 0.1) is 12.0 Å². The second-order valence-corrected chi connectivity index (χ2v) is 12.1. The first-order valence-corrected chi connectivity index (χ1v) is 17.0. The highest BCUT2D eigenvalue weighted by Gasteiger charge is 2.47. The summed E-state index contributed by atoms with van der Waals surface area (Å²) >= 11 is 0. The lowest BCUT2D eigenvalue weighted by molar-refractivity contribution is -0.138. The molecule has 2 aliphatic carbocycles. The Bertz CT molecular complexity index is 937. The molecule has 0 aromatic rings. The Morgan fingerprint density at radius 1 is 1.05 bits per heavy atom. The van der Waals surface area contributed by atoms with Gasteiger partial charge in [-0.15, -0.1) is 0 Å². The number of allylic oxidation sites excluding steroid dienone is 7. The number of hydrogen-bond donors (Lipinski definition) is 0. The van der Waals surface area contributed by atoms with E-state index in [1.807, 2.05) is 39.8 Å². The zero-order valence-corrected chi connectivity index (χ0v) is 28.9. The molecule has 0 spiro atoms. The van der Waals surface area contributed by atoms with E-state index in [0.717, 1.165) is 70.0 Å². The Balaban J connectivity index is 0.00000118. The minimum Gasteiger partial charge on any atom is -0.470 e. The van der Waals surface area contributed by atoms with Gasteiger partial charge in [-0.3, -0.25) is 14.4 Å². The van der Waals surface area contributed by atoms with Crippen LogP contribution in [0.3, 0.4) is 0 Å². The molecular formula is C38H64O4. The van der Waals surface area contributed by atoms with Crippen LogP contribution in [-0.2, 0) is 19.1 Å². The van der Waals surface area contributed by atoms with Crippen molar-refractivity contribution < 1.29 is 19.1 Å². The molecule has 0 N–H and O–H groups in total. The van der Waals surface area contributed by atoms with Gasteiger partial charge >= 0.3 is 0 Å². The standard InChI is InChI=1S/C27H42O3.C9H16O.C2H6/c1-6-9-13-22-21(8-3)23(26(4)16-10-12-20(28)14-17-26)15-18-27(22,5)19-25(30)24(29)11-7-2;1-4-7-8-10-9(5-2)6-3;1-2/h14-15,17,21-22H,6-13,16,18-19H2,1-5H3;5,7-8H,4,6H2,1-3H3;1-2H3/b;8-7-,9-5-;/t21?,22?,26-,27?;;/m0../s1. The molecule has 0 saturated heterocycles. The van der Waals surface area contributed by atoms with E-state index in [9.17, 15) is 14.4 Å². The number of rotatable bonds is 14. The van der Waals surface area contributed by atoms with Crippen LogP contribution in [0, 0.1) is 22.7 Å². The van der Waals surface area contributed by atoms with Gasteiger partial charge in [-0.2, -0.15) is 0 Å². The lowest BCUT2D eigenvalue weighted by atomic mass is 9.55. The first-order chi connectivity index (χ1) is 20.0.